The van der Waals surface area contributed by atoms with Crippen LogP contribution in [0.15, 0.2) is 60.7 Å². The lowest BCUT2D eigenvalue weighted by Gasteiger charge is -2.10. The van der Waals surface area contributed by atoms with Crippen molar-refractivity contribution in [3.8, 4) is 29.1 Å². The summed E-state index contributed by atoms with van der Waals surface area (Å²) < 4.78 is 30.5. The first kappa shape index (κ1) is 21.3. The van der Waals surface area contributed by atoms with Crippen LogP contribution in [0.4, 0.5) is 4.39 Å². The van der Waals surface area contributed by atoms with Gasteiger partial charge in [-0.1, -0.05) is 17.9 Å². The lowest BCUT2D eigenvalue weighted by atomic mass is 9.98. The lowest BCUT2D eigenvalue weighted by Crippen LogP contribution is -2.09. The number of ether oxygens (including phenoxy) is 3. The van der Waals surface area contributed by atoms with Crippen LogP contribution in [0, 0.1) is 17.7 Å². The Bertz CT molecular complexity index is 1190. The van der Waals surface area contributed by atoms with Crippen LogP contribution < -0.4 is 9.47 Å². The molecular formula is C26H21FO5. The third-order valence-corrected chi connectivity index (χ3v) is 5.16. The van der Waals surface area contributed by atoms with E-state index in [2.05, 4.69) is 11.8 Å². The minimum absolute atomic E-state index is 0.0327. The average Bonchev–Trinajstić information content (AvgIpc) is 3.20. The van der Waals surface area contributed by atoms with Crippen LogP contribution in [0.5, 0.6) is 17.2 Å². The van der Waals surface area contributed by atoms with Crippen LogP contribution in [0.1, 0.15) is 34.6 Å². The molecule has 5 nitrogen and oxygen atoms in total. The normalized spacial score (nSPS) is 14.0. The molecule has 0 aliphatic carbocycles. The molecule has 0 aromatic heterocycles. The fraction of sp³-hybridized carbons (Fsp3) is 0.192. The molecule has 1 aliphatic rings. The zero-order valence-corrected chi connectivity index (χ0v) is 17.4. The maximum atomic E-state index is 14.3. The predicted octanol–water partition coefficient (Wildman–Crippen LogP) is 4.55. The number of esters is 1. The fourth-order valence-electron chi connectivity index (χ4n) is 3.41. The number of halogens is 1. The van der Waals surface area contributed by atoms with E-state index in [1.54, 1.807) is 48.5 Å². The van der Waals surface area contributed by atoms with E-state index in [1.165, 1.54) is 13.2 Å². The standard InChI is InChI=1S/C26H21FO5/c1-30-26(29)13-19-15-32-25-14-22(9-10-23(19)25)31-16-20-12-18(6-11-24(20)27)3-2-17-4-7-21(28)8-5-17/h4-12,14,19,28H,13,15-16H2,1H3. The summed E-state index contributed by atoms with van der Waals surface area (Å²) in [5.41, 5.74) is 2.71. The fourth-order valence-corrected chi connectivity index (χ4v) is 3.41. The SMILES string of the molecule is COC(=O)CC1COc2cc(OCc3cc(C#Cc4ccc(O)cc4)ccc3F)ccc21. The van der Waals surface area contributed by atoms with E-state index in [1.807, 2.05) is 6.07 Å². The summed E-state index contributed by atoms with van der Waals surface area (Å²) in [4.78, 5) is 11.5. The van der Waals surface area contributed by atoms with Gasteiger partial charge in [-0.05, 0) is 48.5 Å². The number of hydrogen-bond acceptors (Lipinski definition) is 5. The molecule has 6 heteroatoms. The number of rotatable bonds is 5. The van der Waals surface area contributed by atoms with Gasteiger partial charge in [-0.25, -0.2) is 4.39 Å². The minimum atomic E-state index is -0.379. The van der Waals surface area contributed by atoms with E-state index in [9.17, 15) is 14.3 Å². The Balaban J connectivity index is 1.44. The highest BCUT2D eigenvalue weighted by Crippen LogP contribution is 2.38. The van der Waals surface area contributed by atoms with Gasteiger partial charge in [-0.15, -0.1) is 0 Å². The number of hydrogen-bond donors (Lipinski definition) is 1. The van der Waals surface area contributed by atoms with E-state index in [-0.39, 0.29) is 36.5 Å². The summed E-state index contributed by atoms with van der Waals surface area (Å²) in [5, 5.41) is 9.34. The second-order valence-corrected chi connectivity index (χ2v) is 7.38. The zero-order valence-electron chi connectivity index (χ0n) is 17.4. The molecule has 162 valence electrons. The quantitative estimate of drug-likeness (QED) is 0.473. The summed E-state index contributed by atoms with van der Waals surface area (Å²) in [6.45, 7) is 0.440. The van der Waals surface area contributed by atoms with Crippen molar-refractivity contribution in [3.05, 3.63) is 88.7 Å². The molecule has 0 spiro atoms. The maximum absolute atomic E-state index is 14.3. The summed E-state index contributed by atoms with van der Waals surface area (Å²) in [7, 11) is 1.36. The minimum Gasteiger partial charge on any atom is -0.508 e. The van der Waals surface area contributed by atoms with E-state index < -0.39 is 0 Å². The van der Waals surface area contributed by atoms with Gasteiger partial charge in [0.1, 0.15) is 29.7 Å². The molecule has 1 atom stereocenters. The Morgan fingerprint density at radius 3 is 2.62 bits per heavy atom. The molecule has 32 heavy (non-hydrogen) atoms. The Kier molecular flexibility index (Phi) is 6.27. The highest BCUT2D eigenvalue weighted by atomic mass is 19.1. The van der Waals surface area contributed by atoms with Crippen LogP contribution in [0.3, 0.4) is 0 Å². The van der Waals surface area contributed by atoms with Gasteiger partial charge in [0.05, 0.1) is 20.1 Å². The third kappa shape index (κ3) is 5.01. The van der Waals surface area contributed by atoms with Crippen molar-refractivity contribution >= 4 is 5.97 Å². The molecule has 0 saturated carbocycles. The molecular weight excluding hydrogens is 411 g/mol. The smallest absolute Gasteiger partial charge is 0.306 e. The number of fused-ring (bicyclic) bond motifs is 1. The molecule has 4 rings (SSSR count). The molecule has 1 aliphatic heterocycles. The predicted molar refractivity (Wildman–Crippen MR) is 116 cm³/mol. The van der Waals surface area contributed by atoms with Gasteiger partial charge in [-0.2, -0.15) is 0 Å². The second-order valence-electron chi connectivity index (χ2n) is 7.38. The van der Waals surface area contributed by atoms with E-state index in [0.717, 1.165) is 11.1 Å². The number of phenolic OH excluding ortho intramolecular Hbond substituents is 1. The monoisotopic (exact) mass is 432 g/mol. The topological polar surface area (TPSA) is 65.0 Å². The maximum Gasteiger partial charge on any atom is 0.306 e. The Hall–Kier alpha value is -3.98. The highest BCUT2D eigenvalue weighted by Gasteiger charge is 2.27. The van der Waals surface area contributed by atoms with Crippen molar-refractivity contribution in [1.82, 2.24) is 0 Å². The molecule has 3 aromatic rings. The Labute approximate surface area is 185 Å². The molecule has 1 heterocycles. The number of benzene rings is 3. The van der Waals surface area contributed by atoms with Crippen molar-refractivity contribution in [2.24, 2.45) is 0 Å². The van der Waals surface area contributed by atoms with Crippen molar-refractivity contribution in [2.45, 2.75) is 18.9 Å². The van der Waals surface area contributed by atoms with Gasteiger partial charge in [-0.3, -0.25) is 4.79 Å². The number of phenols is 1. The first-order valence-electron chi connectivity index (χ1n) is 10.1. The van der Waals surface area contributed by atoms with Crippen molar-refractivity contribution in [2.75, 3.05) is 13.7 Å². The van der Waals surface area contributed by atoms with E-state index in [0.29, 0.717) is 29.2 Å². The van der Waals surface area contributed by atoms with Gasteiger partial charge in [0.15, 0.2) is 0 Å². The molecule has 0 bridgehead atoms. The first-order chi connectivity index (χ1) is 15.5. The van der Waals surface area contributed by atoms with Crippen LogP contribution in [-0.4, -0.2) is 24.8 Å². The van der Waals surface area contributed by atoms with Gasteiger partial charge < -0.3 is 19.3 Å². The molecule has 0 saturated heterocycles. The Morgan fingerprint density at radius 1 is 1.09 bits per heavy atom. The largest absolute Gasteiger partial charge is 0.508 e. The Morgan fingerprint density at radius 2 is 1.84 bits per heavy atom. The number of methoxy groups -OCH3 is 1. The van der Waals surface area contributed by atoms with Crippen LogP contribution >= 0.6 is 0 Å². The number of aromatic hydroxyl groups is 1. The van der Waals surface area contributed by atoms with Crippen molar-refractivity contribution in [3.63, 3.8) is 0 Å². The van der Waals surface area contributed by atoms with Crippen LogP contribution in [-0.2, 0) is 16.1 Å². The van der Waals surface area contributed by atoms with Gasteiger partial charge in [0, 0.05) is 34.2 Å². The summed E-state index contributed by atoms with van der Waals surface area (Å²) >= 11 is 0. The van der Waals surface area contributed by atoms with Crippen LogP contribution in [0.25, 0.3) is 0 Å². The van der Waals surface area contributed by atoms with Gasteiger partial charge in [0.25, 0.3) is 0 Å². The van der Waals surface area contributed by atoms with Gasteiger partial charge >= 0.3 is 5.97 Å². The number of carbonyl (C=O) groups excluding carboxylic acids is 1. The molecule has 0 radical (unpaired) electrons. The molecule has 3 aromatic carbocycles. The van der Waals surface area contributed by atoms with E-state index in [4.69, 9.17) is 14.2 Å². The molecule has 0 amide bonds. The first-order valence-corrected chi connectivity index (χ1v) is 10.1. The van der Waals surface area contributed by atoms with Gasteiger partial charge in [0.2, 0.25) is 0 Å². The zero-order chi connectivity index (χ0) is 22.5. The summed E-state index contributed by atoms with van der Waals surface area (Å²) in [5.74, 6) is 6.64. The average molecular weight is 432 g/mol. The third-order valence-electron chi connectivity index (χ3n) is 5.16. The summed E-state index contributed by atoms with van der Waals surface area (Å²) in [6.07, 6.45) is 0.257. The van der Waals surface area contributed by atoms with Crippen LogP contribution in [0.2, 0.25) is 0 Å². The number of carbonyl (C=O) groups is 1. The lowest BCUT2D eigenvalue weighted by molar-refractivity contribution is -0.141. The molecule has 1 unspecified atom stereocenters. The highest BCUT2D eigenvalue weighted by molar-refractivity contribution is 5.71. The second kappa shape index (κ2) is 9.44. The van der Waals surface area contributed by atoms with Crippen molar-refractivity contribution in [1.29, 1.82) is 0 Å². The molecule has 0 fully saturated rings. The van der Waals surface area contributed by atoms with E-state index >= 15 is 0 Å². The molecule has 1 N–H and O–H groups in total. The summed E-state index contributed by atoms with van der Waals surface area (Å²) in [6, 6.07) is 16.6. The van der Waals surface area contributed by atoms with Crippen molar-refractivity contribution < 1.29 is 28.5 Å².